The fourth-order valence-electron chi connectivity index (χ4n) is 1.56. The maximum atomic E-state index is 13.5. The van der Waals surface area contributed by atoms with Crippen molar-refractivity contribution in [3.8, 4) is 11.5 Å². The molecule has 0 aromatic heterocycles. The van der Waals surface area contributed by atoms with Crippen molar-refractivity contribution < 1.29 is 13.5 Å². The van der Waals surface area contributed by atoms with Crippen molar-refractivity contribution >= 4 is 15.9 Å². The van der Waals surface area contributed by atoms with Crippen LogP contribution in [0.25, 0.3) is 0 Å². The fraction of sp³-hybridized carbons (Fsp3) is 0.143. The van der Waals surface area contributed by atoms with Gasteiger partial charge in [-0.15, -0.1) is 0 Å². The summed E-state index contributed by atoms with van der Waals surface area (Å²) in [6, 6.07) is 8.35. The zero-order chi connectivity index (χ0) is 14.0. The quantitative estimate of drug-likeness (QED) is 0.898. The summed E-state index contributed by atoms with van der Waals surface area (Å²) >= 11 is 3.33. The first kappa shape index (κ1) is 14.0. The molecule has 2 aromatic carbocycles. The average molecular weight is 328 g/mol. The van der Waals surface area contributed by atoms with Gasteiger partial charge >= 0.3 is 0 Å². The average Bonchev–Trinajstić information content (AvgIpc) is 2.34. The van der Waals surface area contributed by atoms with Crippen molar-refractivity contribution in [3.63, 3.8) is 0 Å². The lowest BCUT2D eigenvalue weighted by atomic mass is 10.1. The van der Waals surface area contributed by atoms with Gasteiger partial charge < -0.3 is 10.5 Å². The molecule has 2 aromatic rings. The molecule has 0 radical (unpaired) electrons. The summed E-state index contributed by atoms with van der Waals surface area (Å²) in [7, 11) is 0. The van der Waals surface area contributed by atoms with Crippen molar-refractivity contribution in [2.24, 2.45) is 5.73 Å². The number of rotatable bonds is 3. The molecule has 2 N–H and O–H groups in total. The van der Waals surface area contributed by atoms with E-state index in [1.54, 1.807) is 18.2 Å². The van der Waals surface area contributed by atoms with Crippen molar-refractivity contribution in [2.75, 3.05) is 0 Å². The zero-order valence-corrected chi connectivity index (χ0v) is 11.7. The lowest BCUT2D eigenvalue weighted by molar-refractivity contribution is 0.435. The lowest BCUT2D eigenvalue weighted by Gasteiger charge is -2.11. The SMILES string of the molecule is C[C@H](N)c1ccc(Oc2ccc(F)cc2F)c(Br)c1. The van der Waals surface area contributed by atoms with Crippen molar-refractivity contribution in [3.05, 3.63) is 58.1 Å². The van der Waals surface area contributed by atoms with Gasteiger partial charge in [0.1, 0.15) is 11.6 Å². The highest BCUT2D eigenvalue weighted by molar-refractivity contribution is 9.10. The van der Waals surface area contributed by atoms with Crippen LogP contribution < -0.4 is 10.5 Å². The van der Waals surface area contributed by atoms with Crippen LogP contribution in [0.3, 0.4) is 0 Å². The standard InChI is InChI=1S/C14H12BrF2NO/c1-8(18)9-2-4-13(11(15)6-9)19-14-5-3-10(16)7-12(14)17/h2-8H,18H2,1H3/t8-/m0/s1. The summed E-state index contributed by atoms with van der Waals surface area (Å²) in [5, 5.41) is 0. The smallest absolute Gasteiger partial charge is 0.168 e. The Morgan fingerprint density at radius 1 is 1.11 bits per heavy atom. The minimum Gasteiger partial charge on any atom is -0.453 e. The Morgan fingerprint density at radius 2 is 1.79 bits per heavy atom. The number of hydrogen-bond donors (Lipinski definition) is 1. The summed E-state index contributed by atoms with van der Waals surface area (Å²) in [5.74, 6) is -0.982. The largest absolute Gasteiger partial charge is 0.453 e. The molecule has 0 bridgehead atoms. The van der Waals surface area contributed by atoms with Crippen LogP contribution in [0.1, 0.15) is 18.5 Å². The Kier molecular flexibility index (Phi) is 4.17. The Morgan fingerprint density at radius 3 is 2.37 bits per heavy atom. The van der Waals surface area contributed by atoms with Gasteiger partial charge in [0.2, 0.25) is 0 Å². The van der Waals surface area contributed by atoms with Crippen LogP contribution in [0.5, 0.6) is 11.5 Å². The number of benzene rings is 2. The van der Waals surface area contributed by atoms with Gasteiger partial charge in [0, 0.05) is 12.1 Å². The third kappa shape index (κ3) is 3.30. The van der Waals surface area contributed by atoms with Crippen molar-refractivity contribution in [2.45, 2.75) is 13.0 Å². The molecule has 0 aliphatic heterocycles. The van der Waals surface area contributed by atoms with Crippen LogP contribution in [-0.2, 0) is 0 Å². The molecule has 0 aliphatic carbocycles. The first-order chi connectivity index (χ1) is 8.97. The van der Waals surface area contributed by atoms with Gasteiger partial charge in [-0.1, -0.05) is 6.07 Å². The number of halogens is 3. The van der Waals surface area contributed by atoms with Crippen LogP contribution >= 0.6 is 15.9 Å². The molecule has 100 valence electrons. The van der Waals surface area contributed by atoms with Gasteiger partial charge in [-0.2, -0.15) is 0 Å². The summed E-state index contributed by atoms with van der Waals surface area (Å²) in [4.78, 5) is 0. The van der Waals surface area contributed by atoms with Gasteiger partial charge in [-0.25, -0.2) is 8.78 Å². The highest BCUT2D eigenvalue weighted by atomic mass is 79.9. The predicted molar refractivity (Wildman–Crippen MR) is 73.2 cm³/mol. The second-order valence-electron chi connectivity index (χ2n) is 4.16. The van der Waals surface area contributed by atoms with E-state index < -0.39 is 11.6 Å². The molecule has 2 nitrogen and oxygen atoms in total. The summed E-state index contributed by atoms with van der Waals surface area (Å²) < 4.78 is 32.3. The molecule has 5 heteroatoms. The molecule has 0 heterocycles. The predicted octanol–water partition coefficient (Wildman–Crippen LogP) is 4.54. The number of ether oxygens (including phenoxy) is 1. The Bertz CT molecular complexity index is 602. The van der Waals surface area contributed by atoms with Crippen molar-refractivity contribution in [1.82, 2.24) is 0 Å². The third-order valence-electron chi connectivity index (χ3n) is 2.60. The van der Waals surface area contributed by atoms with E-state index in [4.69, 9.17) is 10.5 Å². The molecule has 0 aliphatic rings. The monoisotopic (exact) mass is 327 g/mol. The fourth-order valence-corrected chi connectivity index (χ4v) is 2.04. The number of hydrogen-bond acceptors (Lipinski definition) is 2. The summed E-state index contributed by atoms with van der Waals surface area (Å²) in [6.45, 7) is 1.86. The molecule has 0 unspecified atom stereocenters. The van der Waals surface area contributed by atoms with Gasteiger partial charge in [0.25, 0.3) is 0 Å². The molecular weight excluding hydrogens is 316 g/mol. The molecule has 1 atom stereocenters. The Balaban J connectivity index is 2.28. The minimum absolute atomic E-state index is 0.0318. The van der Waals surface area contributed by atoms with Crippen LogP contribution in [0.4, 0.5) is 8.78 Å². The minimum atomic E-state index is -0.747. The molecule has 0 amide bonds. The maximum absolute atomic E-state index is 13.5. The zero-order valence-electron chi connectivity index (χ0n) is 10.2. The van der Waals surface area contributed by atoms with Crippen LogP contribution in [0.15, 0.2) is 40.9 Å². The van der Waals surface area contributed by atoms with E-state index in [-0.39, 0.29) is 11.8 Å². The van der Waals surface area contributed by atoms with Crippen molar-refractivity contribution in [1.29, 1.82) is 0 Å². The molecule has 0 spiro atoms. The maximum Gasteiger partial charge on any atom is 0.168 e. The Hall–Kier alpha value is -1.46. The van der Waals surface area contributed by atoms with Gasteiger partial charge in [-0.05, 0) is 52.7 Å². The third-order valence-corrected chi connectivity index (χ3v) is 3.22. The number of nitrogens with two attached hydrogens (primary N) is 1. The summed E-state index contributed by atoms with van der Waals surface area (Å²) in [6.07, 6.45) is 0. The molecule has 0 saturated carbocycles. The van der Waals surface area contributed by atoms with Crippen LogP contribution in [-0.4, -0.2) is 0 Å². The summed E-state index contributed by atoms with van der Waals surface area (Å²) in [5.41, 5.74) is 6.69. The van der Waals surface area contributed by atoms with E-state index in [1.165, 1.54) is 6.07 Å². The highest BCUT2D eigenvalue weighted by Crippen LogP contribution is 2.32. The first-order valence-electron chi connectivity index (χ1n) is 5.65. The molecule has 19 heavy (non-hydrogen) atoms. The van der Waals surface area contributed by atoms with E-state index >= 15 is 0 Å². The van der Waals surface area contributed by atoms with Gasteiger partial charge in [0.05, 0.1) is 4.47 Å². The Labute approximate surface area is 118 Å². The highest BCUT2D eigenvalue weighted by Gasteiger charge is 2.10. The molecule has 0 fully saturated rings. The van der Waals surface area contributed by atoms with Crippen LogP contribution in [0.2, 0.25) is 0 Å². The van der Waals surface area contributed by atoms with E-state index in [0.29, 0.717) is 10.2 Å². The lowest BCUT2D eigenvalue weighted by Crippen LogP contribution is -2.04. The topological polar surface area (TPSA) is 35.2 Å². The second kappa shape index (κ2) is 5.67. The van der Waals surface area contributed by atoms with Gasteiger partial charge in [0.15, 0.2) is 11.6 Å². The van der Waals surface area contributed by atoms with E-state index in [9.17, 15) is 8.78 Å². The van der Waals surface area contributed by atoms with E-state index in [2.05, 4.69) is 15.9 Å². The van der Waals surface area contributed by atoms with E-state index in [1.807, 2.05) is 6.92 Å². The first-order valence-corrected chi connectivity index (χ1v) is 6.44. The van der Waals surface area contributed by atoms with E-state index in [0.717, 1.165) is 17.7 Å². The van der Waals surface area contributed by atoms with Gasteiger partial charge in [-0.3, -0.25) is 0 Å². The molecule has 0 saturated heterocycles. The molecular formula is C14H12BrF2NO. The second-order valence-corrected chi connectivity index (χ2v) is 5.01. The molecule has 2 rings (SSSR count). The van der Waals surface area contributed by atoms with Crippen LogP contribution in [0, 0.1) is 11.6 Å². The normalized spacial score (nSPS) is 12.3.